The number of fused-ring (bicyclic) bond motifs is 1. The maximum absolute atomic E-state index is 11.9. The Hall–Kier alpha value is -3.13. The number of hydroxylamine groups is 1. The average Bonchev–Trinajstić information content (AvgIpc) is 3.07. The number of carbonyl (C=O) groups is 1. The molecule has 2 aromatic heterocycles. The van der Waals surface area contributed by atoms with Gasteiger partial charge in [-0.05, 0) is 24.6 Å². The molecule has 3 N–H and O–H groups in total. The fraction of sp³-hybridized carbons (Fsp3) is 0.278. The Labute approximate surface area is 151 Å². The predicted molar refractivity (Wildman–Crippen MR) is 98.6 cm³/mol. The van der Waals surface area contributed by atoms with Crippen molar-refractivity contribution in [3.63, 3.8) is 0 Å². The van der Waals surface area contributed by atoms with Crippen molar-refractivity contribution in [2.24, 2.45) is 0 Å². The number of methoxy groups -OCH3 is 1. The van der Waals surface area contributed by atoms with E-state index in [-0.39, 0.29) is 5.56 Å². The number of nitrogens with zero attached hydrogens (tertiary/aromatic N) is 3. The monoisotopic (exact) mass is 357 g/mol. The Morgan fingerprint density at radius 3 is 2.58 bits per heavy atom. The normalized spacial score (nSPS) is 10.0. The van der Waals surface area contributed by atoms with Crippen LogP contribution in [0.5, 0.6) is 5.75 Å². The van der Waals surface area contributed by atoms with Crippen LogP contribution in [-0.2, 0) is 6.54 Å². The number of aromatic nitrogens is 3. The molecule has 3 aromatic rings. The highest BCUT2D eigenvalue weighted by atomic mass is 16.5. The first-order chi connectivity index (χ1) is 12.6. The van der Waals surface area contributed by atoms with Gasteiger partial charge in [0.15, 0.2) is 5.65 Å². The molecule has 0 aliphatic carbocycles. The lowest BCUT2D eigenvalue weighted by Gasteiger charge is -2.12. The highest BCUT2D eigenvalue weighted by Gasteiger charge is 2.16. The summed E-state index contributed by atoms with van der Waals surface area (Å²) in [5.41, 5.74) is 4.21. The van der Waals surface area contributed by atoms with Crippen molar-refractivity contribution >= 4 is 17.4 Å². The molecule has 138 valence electrons. The van der Waals surface area contributed by atoms with Crippen molar-refractivity contribution in [1.82, 2.24) is 20.1 Å². The smallest absolute Gasteiger partial charge is 0.279 e. The number of amides is 1. The van der Waals surface area contributed by atoms with Crippen molar-refractivity contribution in [1.29, 1.82) is 0 Å². The maximum Gasteiger partial charge on any atom is 0.279 e. The topological polar surface area (TPSA) is 101 Å². The van der Waals surface area contributed by atoms with Gasteiger partial charge in [0.1, 0.15) is 17.1 Å². The maximum atomic E-state index is 11.9. The summed E-state index contributed by atoms with van der Waals surface area (Å²) >= 11 is 0. The SMILES string of the molecule is CC.COc1ccc(CNc2c(C(=O)NO)cnc3cc(C)nn23)cc1. The lowest BCUT2D eigenvalue weighted by molar-refractivity contribution is 0.0706. The number of rotatable bonds is 5. The van der Waals surface area contributed by atoms with Crippen LogP contribution in [0.3, 0.4) is 0 Å². The van der Waals surface area contributed by atoms with E-state index < -0.39 is 5.91 Å². The Bertz CT molecular complexity index is 874. The number of nitrogens with one attached hydrogen (secondary N) is 2. The van der Waals surface area contributed by atoms with E-state index in [0.29, 0.717) is 18.0 Å². The summed E-state index contributed by atoms with van der Waals surface area (Å²) in [7, 11) is 1.61. The minimum Gasteiger partial charge on any atom is -0.497 e. The minimum atomic E-state index is -0.658. The van der Waals surface area contributed by atoms with Crippen molar-refractivity contribution < 1.29 is 14.7 Å². The van der Waals surface area contributed by atoms with Gasteiger partial charge in [-0.3, -0.25) is 10.0 Å². The summed E-state index contributed by atoms with van der Waals surface area (Å²) in [6, 6.07) is 9.37. The molecule has 2 heterocycles. The van der Waals surface area contributed by atoms with Crippen molar-refractivity contribution in [3.8, 4) is 5.75 Å². The van der Waals surface area contributed by atoms with E-state index in [0.717, 1.165) is 17.0 Å². The van der Waals surface area contributed by atoms with Gasteiger partial charge in [-0.25, -0.2) is 10.5 Å². The third kappa shape index (κ3) is 4.09. The molecule has 0 saturated carbocycles. The summed E-state index contributed by atoms with van der Waals surface area (Å²) in [5.74, 6) is 0.568. The molecule has 3 rings (SSSR count). The number of anilines is 1. The van der Waals surface area contributed by atoms with Crippen LogP contribution in [0.15, 0.2) is 36.5 Å². The van der Waals surface area contributed by atoms with Gasteiger partial charge < -0.3 is 10.1 Å². The van der Waals surface area contributed by atoms with E-state index in [9.17, 15) is 4.79 Å². The number of carbonyl (C=O) groups excluding carboxylic acids is 1. The molecule has 1 aromatic carbocycles. The highest BCUT2D eigenvalue weighted by Crippen LogP contribution is 2.19. The van der Waals surface area contributed by atoms with E-state index in [1.807, 2.05) is 45.0 Å². The van der Waals surface area contributed by atoms with Crippen LogP contribution in [0.25, 0.3) is 5.65 Å². The minimum absolute atomic E-state index is 0.196. The fourth-order valence-corrected chi connectivity index (χ4v) is 2.37. The van der Waals surface area contributed by atoms with E-state index in [2.05, 4.69) is 15.4 Å². The molecule has 0 aliphatic rings. The molecule has 0 aliphatic heterocycles. The first kappa shape index (κ1) is 19.2. The molecule has 0 fully saturated rings. The van der Waals surface area contributed by atoms with Crippen molar-refractivity contribution in [2.75, 3.05) is 12.4 Å². The third-order valence-electron chi connectivity index (χ3n) is 3.57. The van der Waals surface area contributed by atoms with Crippen molar-refractivity contribution in [3.05, 3.63) is 53.3 Å². The van der Waals surface area contributed by atoms with Gasteiger partial charge >= 0.3 is 0 Å². The molecule has 26 heavy (non-hydrogen) atoms. The average molecular weight is 357 g/mol. The zero-order chi connectivity index (χ0) is 19.1. The number of benzene rings is 1. The zero-order valence-electron chi connectivity index (χ0n) is 15.3. The second-order valence-corrected chi connectivity index (χ2v) is 5.22. The van der Waals surface area contributed by atoms with Crippen LogP contribution in [0.2, 0.25) is 0 Å². The number of ether oxygens (including phenoxy) is 1. The molecule has 0 atom stereocenters. The van der Waals surface area contributed by atoms with Crippen LogP contribution in [0.4, 0.5) is 5.82 Å². The Morgan fingerprint density at radius 2 is 1.96 bits per heavy atom. The summed E-state index contributed by atoms with van der Waals surface area (Å²) in [5, 5.41) is 16.5. The Kier molecular flexibility index (Phi) is 6.51. The van der Waals surface area contributed by atoms with E-state index in [4.69, 9.17) is 9.94 Å². The summed E-state index contributed by atoms with van der Waals surface area (Å²) in [4.78, 5) is 16.1. The van der Waals surface area contributed by atoms with Gasteiger partial charge in [0.2, 0.25) is 0 Å². The Balaban J connectivity index is 0.00000117. The van der Waals surface area contributed by atoms with E-state index in [1.54, 1.807) is 23.2 Å². The number of hydrogen-bond acceptors (Lipinski definition) is 6. The Morgan fingerprint density at radius 1 is 1.27 bits per heavy atom. The number of hydrogen-bond donors (Lipinski definition) is 3. The predicted octanol–water partition coefficient (Wildman–Crippen LogP) is 2.80. The zero-order valence-corrected chi connectivity index (χ0v) is 15.3. The lowest BCUT2D eigenvalue weighted by atomic mass is 10.2. The van der Waals surface area contributed by atoms with Gasteiger partial charge in [-0.1, -0.05) is 26.0 Å². The van der Waals surface area contributed by atoms with Gasteiger partial charge in [-0.2, -0.15) is 9.61 Å². The summed E-state index contributed by atoms with van der Waals surface area (Å²) < 4.78 is 6.68. The van der Waals surface area contributed by atoms with Crippen molar-refractivity contribution in [2.45, 2.75) is 27.3 Å². The van der Waals surface area contributed by atoms with Crippen LogP contribution >= 0.6 is 0 Å². The molecule has 8 nitrogen and oxygen atoms in total. The summed E-state index contributed by atoms with van der Waals surface area (Å²) in [6.07, 6.45) is 1.40. The molecule has 0 spiro atoms. The molecule has 0 saturated heterocycles. The molecule has 0 bridgehead atoms. The van der Waals surface area contributed by atoms with Gasteiger partial charge in [0.05, 0.1) is 12.8 Å². The molecule has 8 heteroatoms. The second-order valence-electron chi connectivity index (χ2n) is 5.22. The highest BCUT2D eigenvalue weighted by molar-refractivity contribution is 5.98. The van der Waals surface area contributed by atoms with Crippen LogP contribution in [-0.4, -0.2) is 32.8 Å². The second kappa shape index (κ2) is 8.82. The van der Waals surface area contributed by atoms with E-state index >= 15 is 0 Å². The molecule has 0 radical (unpaired) electrons. The third-order valence-corrected chi connectivity index (χ3v) is 3.57. The lowest BCUT2D eigenvalue weighted by Crippen LogP contribution is -2.22. The fourth-order valence-electron chi connectivity index (χ4n) is 2.37. The van der Waals surface area contributed by atoms with E-state index in [1.165, 1.54) is 6.20 Å². The van der Waals surface area contributed by atoms with Crippen LogP contribution in [0.1, 0.15) is 35.5 Å². The number of aryl methyl sites for hydroxylation is 1. The first-order valence-electron chi connectivity index (χ1n) is 8.29. The first-order valence-corrected chi connectivity index (χ1v) is 8.29. The molecular formula is C18H23N5O3. The van der Waals surface area contributed by atoms with Gasteiger partial charge in [0.25, 0.3) is 5.91 Å². The van der Waals surface area contributed by atoms with Crippen LogP contribution in [0, 0.1) is 6.92 Å². The largest absolute Gasteiger partial charge is 0.497 e. The standard InChI is InChI=1S/C16H17N5O3.C2H6/c1-10-7-14-17-9-13(16(22)20-23)15(21(14)19-10)18-8-11-3-5-12(24-2)6-4-11;1-2/h3-7,9,18,23H,8H2,1-2H3,(H,20,22);1-2H3. The molecule has 1 amide bonds. The summed E-state index contributed by atoms with van der Waals surface area (Å²) in [6.45, 7) is 6.31. The van der Waals surface area contributed by atoms with Gasteiger partial charge in [0, 0.05) is 18.8 Å². The van der Waals surface area contributed by atoms with Gasteiger partial charge in [-0.15, -0.1) is 0 Å². The molecule has 0 unspecified atom stereocenters. The quantitative estimate of drug-likeness (QED) is 0.479. The van der Waals surface area contributed by atoms with Crippen LogP contribution < -0.4 is 15.5 Å². The molecular weight excluding hydrogens is 334 g/mol.